The Hall–Kier alpha value is -2.34. The van der Waals surface area contributed by atoms with Crippen molar-refractivity contribution in [2.45, 2.75) is 13.1 Å². The minimum Gasteiger partial charge on any atom is -0.493 e. The van der Waals surface area contributed by atoms with E-state index in [0.717, 1.165) is 7.14 Å². The second-order valence-corrected chi connectivity index (χ2v) is 9.24. The van der Waals surface area contributed by atoms with E-state index in [1.165, 1.54) is 0 Å². The molecule has 0 aliphatic heterocycles. The van der Waals surface area contributed by atoms with Gasteiger partial charge in [0.2, 0.25) is 0 Å². The summed E-state index contributed by atoms with van der Waals surface area (Å²) in [6, 6.07) is 19.8. The molecule has 8 heteroatoms. The summed E-state index contributed by atoms with van der Waals surface area (Å²) < 4.78 is 12.9. The predicted molar refractivity (Wildman–Crippen MR) is 140 cm³/mol. The van der Waals surface area contributed by atoms with Crippen molar-refractivity contribution in [2.75, 3.05) is 13.7 Å². The van der Waals surface area contributed by atoms with Crippen molar-refractivity contribution < 1.29 is 19.1 Å². The fourth-order valence-electron chi connectivity index (χ4n) is 3.03. The third-order valence-corrected chi connectivity index (χ3v) is 5.89. The standard InChI is InChI=1S/C24H22I2N2O4/c1-3-32-21-14-15(10-11-20(21)31-2)22(27-23(29)16-6-4-8-18(25)12-16)28-24(30)17-7-5-9-19(26)13-17/h4-14,22H,3H2,1-2H3,(H,27,29)(H,28,30). The highest BCUT2D eigenvalue weighted by atomic mass is 127. The molecule has 2 N–H and O–H groups in total. The Bertz CT molecular complexity index is 1060. The summed E-state index contributed by atoms with van der Waals surface area (Å²) in [5.41, 5.74) is 1.67. The van der Waals surface area contributed by atoms with E-state index in [0.29, 0.717) is 34.8 Å². The van der Waals surface area contributed by atoms with Crippen LogP contribution in [0.4, 0.5) is 0 Å². The van der Waals surface area contributed by atoms with E-state index in [-0.39, 0.29) is 11.8 Å². The molecule has 0 fully saturated rings. The van der Waals surface area contributed by atoms with Gasteiger partial charge in [0, 0.05) is 18.3 Å². The summed E-state index contributed by atoms with van der Waals surface area (Å²) in [6.45, 7) is 2.33. The minimum atomic E-state index is -0.782. The number of hydrogen-bond donors (Lipinski definition) is 2. The third kappa shape index (κ3) is 6.35. The molecule has 0 saturated heterocycles. The Morgan fingerprint density at radius 1 is 0.844 bits per heavy atom. The Kier molecular flexibility index (Phi) is 8.74. The van der Waals surface area contributed by atoms with Crippen LogP contribution in [-0.2, 0) is 0 Å². The molecule has 0 bridgehead atoms. The van der Waals surface area contributed by atoms with Crippen molar-refractivity contribution in [2.24, 2.45) is 0 Å². The molecule has 2 amide bonds. The van der Waals surface area contributed by atoms with Crippen LogP contribution in [-0.4, -0.2) is 25.5 Å². The molecule has 32 heavy (non-hydrogen) atoms. The number of amides is 2. The van der Waals surface area contributed by atoms with Gasteiger partial charge in [0.05, 0.1) is 13.7 Å². The molecule has 3 aromatic carbocycles. The number of rotatable bonds is 8. The van der Waals surface area contributed by atoms with Crippen molar-refractivity contribution >= 4 is 57.0 Å². The van der Waals surface area contributed by atoms with E-state index >= 15 is 0 Å². The fourth-order valence-corrected chi connectivity index (χ4v) is 4.12. The van der Waals surface area contributed by atoms with Gasteiger partial charge in [-0.25, -0.2) is 0 Å². The number of carbonyl (C=O) groups excluding carboxylic acids is 2. The summed E-state index contributed by atoms with van der Waals surface area (Å²) in [7, 11) is 1.56. The van der Waals surface area contributed by atoms with Gasteiger partial charge in [-0.3, -0.25) is 9.59 Å². The van der Waals surface area contributed by atoms with Gasteiger partial charge in [-0.15, -0.1) is 0 Å². The lowest BCUT2D eigenvalue weighted by atomic mass is 10.1. The first-order valence-electron chi connectivity index (χ1n) is 9.85. The van der Waals surface area contributed by atoms with Crippen LogP contribution in [0.5, 0.6) is 11.5 Å². The lowest BCUT2D eigenvalue weighted by Gasteiger charge is -2.22. The highest BCUT2D eigenvalue weighted by Gasteiger charge is 2.21. The highest BCUT2D eigenvalue weighted by Crippen LogP contribution is 2.30. The van der Waals surface area contributed by atoms with Gasteiger partial charge in [0.15, 0.2) is 11.5 Å². The normalized spacial score (nSPS) is 10.5. The Morgan fingerprint density at radius 2 is 1.41 bits per heavy atom. The molecular weight excluding hydrogens is 634 g/mol. The average molecular weight is 656 g/mol. The lowest BCUT2D eigenvalue weighted by Crippen LogP contribution is -2.41. The molecule has 0 aliphatic carbocycles. The van der Waals surface area contributed by atoms with E-state index in [1.54, 1.807) is 49.6 Å². The molecule has 166 valence electrons. The zero-order chi connectivity index (χ0) is 23.1. The topological polar surface area (TPSA) is 76.7 Å². The van der Waals surface area contributed by atoms with Crippen molar-refractivity contribution in [3.63, 3.8) is 0 Å². The monoisotopic (exact) mass is 656 g/mol. The number of ether oxygens (including phenoxy) is 2. The number of halogens is 2. The molecule has 0 heterocycles. The maximum Gasteiger partial charge on any atom is 0.253 e. The fraction of sp³-hybridized carbons (Fsp3) is 0.167. The maximum absolute atomic E-state index is 13.0. The average Bonchev–Trinajstić information content (AvgIpc) is 2.78. The molecule has 0 atom stereocenters. The highest BCUT2D eigenvalue weighted by molar-refractivity contribution is 14.1. The summed E-state index contributed by atoms with van der Waals surface area (Å²) in [5, 5.41) is 5.85. The van der Waals surface area contributed by atoms with E-state index in [1.807, 2.05) is 31.2 Å². The maximum atomic E-state index is 13.0. The number of benzene rings is 3. The van der Waals surface area contributed by atoms with Gasteiger partial charge < -0.3 is 20.1 Å². The van der Waals surface area contributed by atoms with Crippen molar-refractivity contribution in [3.8, 4) is 11.5 Å². The van der Waals surface area contributed by atoms with Gasteiger partial charge in [-0.1, -0.05) is 18.2 Å². The third-order valence-electron chi connectivity index (χ3n) is 4.55. The first kappa shape index (κ1) is 24.3. The summed E-state index contributed by atoms with van der Waals surface area (Å²) >= 11 is 4.31. The zero-order valence-corrected chi connectivity index (χ0v) is 21.8. The smallest absolute Gasteiger partial charge is 0.253 e. The molecule has 6 nitrogen and oxygen atoms in total. The van der Waals surface area contributed by atoms with Crippen molar-refractivity contribution in [3.05, 3.63) is 90.6 Å². The molecule has 0 spiro atoms. The Balaban J connectivity index is 1.94. The molecule has 0 aromatic heterocycles. The van der Waals surface area contributed by atoms with E-state index in [2.05, 4.69) is 55.8 Å². The molecule has 3 rings (SSSR count). The number of methoxy groups -OCH3 is 1. The summed E-state index contributed by atoms with van der Waals surface area (Å²) in [5.74, 6) is 0.502. The van der Waals surface area contributed by atoms with Crippen LogP contribution >= 0.6 is 45.2 Å². The second-order valence-electron chi connectivity index (χ2n) is 6.74. The van der Waals surface area contributed by atoms with Crippen LogP contribution in [0.3, 0.4) is 0 Å². The Labute approximate surface area is 214 Å². The SMILES string of the molecule is CCOc1cc(C(NC(=O)c2cccc(I)c2)NC(=O)c2cccc(I)c2)ccc1OC. The molecule has 0 saturated carbocycles. The zero-order valence-electron chi connectivity index (χ0n) is 17.5. The quantitative estimate of drug-likeness (QED) is 0.260. The minimum absolute atomic E-state index is 0.301. The van der Waals surface area contributed by atoms with Crippen LogP contribution in [0.15, 0.2) is 66.7 Å². The lowest BCUT2D eigenvalue weighted by molar-refractivity contribution is 0.0883. The Morgan fingerprint density at radius 3 is 1.88 bits per heavy atom. The molecular formula is C24H22I2N2O4. The van der Waals surface area contributed by atoms with Gasteiger partial charge in [-0.2, -0.15) is 0 Å². The van der Waals surface area contributed by atoms with Crippen LogP contribution < -0.4 is 20.1 Å². The largest absolute Gasteiger partial charge is 0.493 e. The van der Waals surface area contributed by atoms with E-state index < -0.39 is 6.17 Å². The second kappa shape index (κ2) is 11.5. The van der Waals surface area contributed by atoms with Crippen molar-refractivity contribution in [1.29, 1.82) is 0 Å². The van der Waals surface area contributed by atoms with E-state index in [9.17, 15) is 9.59 Å². The molecule has 3 aromatic rings. The van der Waals surface area contributed by atoms with E-state index in [4.69, 9.17) is 9.47 Å². The van der Waals surface area contributed by atoms with Gasteiger partial charge in [-0.05, 0) is 106 Å². The van der Waals surface area contributed by atoms with Crippen LogP contribution in [0.25, 0.3) is 0 Å². The van der Waals surface area contributed by atoms with Crippen LogP contribution in [0.1, 0.15) is 39.4 Å². The van der Waals surface area contributed by atoms with Gasteiger partial charge >= 0.3 is 0 Å². The van der Waals surface area contributed by atoms with Gasteiger partial charge in [0.25, 0.3) is 11.8 Å². The predicted octanol–water partition coefficient (Wildman–Crippen LogP) is 5.16. The van der Waals surface area contributed by atoms with Crippen molar-refractivity contribution in [1.82, 2.24) is 10.6 Å². The number of carbonyl (C=O) groups is 2. The molecule has 0 radical (unpaired) electrons. The summed E-state index contributed by atoms with van der Waals surface area (Å²) in [6.07, 6.45) is -0.782. The van der Waals surface area contributed by atoms with Crippen LogP contribution in [0.2, 0.25) is 0 Å². The first-order chi connectivity index (χ1) is 15.4. The first-order valence-corrected chi connectivity index (χ1v) is 12.0. The number of nitrogens with one attached hydrogen (secondary N) is 2. The van der Waals surface area contributed by atoms with Gasteiger partial charge in [0.1, 0.15) is 6.17 Å². The molecule has 0 unspecified atom stereocenters. The summed E-state index contributed by atoms with van der Waals surface area (Å²) in [4.78, 5) is 25.9. The van der Waals surface area contributed by atoms with Crippen LogP contribution in [0, 0.1) is 7.14 Å². The molecule has 0 aliphatic rings. The number of hydrogen-bond acceptors (Lipinski definition) is 4.